The van der Waals surface area contributed by atoms with Crippen molar-refractivity contribution >= 4 is 29.1 Å². The van der Waals surface area contributed by atoms with Crippen LogP contribution in [0, 0.1) is 5.92 Å². The summed E-state index contributed by atoms with van der Waals surface area (Å²) in [7, 11) is 0. The van der Waals surface area contributed by atoms with Crippen LogP contribution in [0.5, 0.6) is 0 Å². The quantitative estimate of drug-likeness (QED) is 0.794. The first-order valence-electron chi connectivity index (χ1n) is 6.90. The Hall–Kier alpha value is -0.870. The summed E-state index contributed by atoms with van der Waals surface area (Å²) < 4.78 is 0. The van der Waals surface area contributed by atoms with Crippen LogP contribution >= 0.6 is 23.2 Å². The second kappa shape index (κ2) is 7.79. The molecule has 0 saturated heterocycles. The second-order valence-electron chi connectivity index (χ2n) is 5.19. The van der Waals surface area contributed by atoms with E-state index in [1.54, 1.807) is 0 Å². The van der Waals surface area contributed by atoms with E-state index in [0.29, 0.717) is 18.0 Å². The number of rotatable bonds is 6. The van der Waals surface area contributed by atoms with Gasteiger partial charge in [0.25, 0.3) is 5.91 Å². The molecule has 0 atom stereocenters. The molecule has 4 nitrogen and oxygen atoms in total. The average Bonchev–Trinajstić information content (AvgIpc) is 2.40. The predicted molar refractivity (Wildman–Crippen MR) is 82.3 cm³/mol. The highest BCUT2D eigenvalue weighted by atomic mass is 35.5. The highest BCUT2D eigenvalue weighted by molar-refractivity contribution is 6.34. The van der Waals surface area contributed by atoms with Gasteiger partial charge in [-0.15, -0.1) is 10.2 Å². The number of carbonyl (C=O) groups excluding carboxylic acids is 1. The van der Waals surface area contributed by atoms with Crippen LogP contribution in [0.3, 0.4) is 0 Å². The van der Waals surface area contributed by atoms with Crippen LogP contribution in [0.4, 0.5) is 0 Å². The van der Waals surface area contributed by atoms with Gasteiger partial charge in [0.2, 0.25) is 0 Å². The smallest absolute Gasteiger partial charge is 0.257 e. The molecule has 0 aliphatic heterocycles. The number of halogens is 2. The van der Waals surface area contributed by atoms with Gasteiger partial charge in [0.1, 0.15) is 0 Å². The molecule has 0 aliphatic rings. The van der Waals surface area contributed by atoms with Gasteiger partial charge >= 0.3 is 0 Å². The minimum Gasteiger partial charge on any atom is -0.335 e. The van der Waals surface area contributed by atoms with Crippen molar-refractivity contribution in [3.63, 3.8) is 0 Å². The zero-order chi connectivity index (χ0) is 15.3. The first-order valence-corrected chi connectivity index (χ1v) is 7.65. The highest BCUT2D eigenvalue weighted by Crippen LogP contribution is 2.21. The van der Waals surface area contributed by atoms with Crippen LogP contribution in [0.25, 0.3) is 0 Å². The van der Waals surface area contributed by atoms with Crippen LogP contribution in [-0.2, 0) is 0 Å². The van der Waals surface area contributed by atoms with Gasteiger partial charge in [-0.1, -0.05) is 50.9 Å². The van der Waals surface area contributed by atoms with Gasteiger partial charge < -0.3 is 4.90 Å². The number of aromatic nitrogens is 2. The van der Waals surface area contributed by atoms with Crippen molar-refractivity contribution in [2.75, 3.05) is 6.54 Å². The molecule has 0 unspecified atom stereocenters. The minimum atomic E-state index is -0.130. The fourth-order valence-corrected chi connectivity index (χ4v) is 2.50. The molecule has 0 saturated carbocycles. The molecule has 6 heteroatoms. The lowest BCUT2D eigenvalue weighted by Crippen LogP contribution is -2.42. The van der Waals surface area contributed by atoms with Crippen molar-refractivity contribution in [1.29, 1.82) is 0 Å². The third-order valence-electron chi connectivity index (χ3n) is 3.16. The number of nitrogens with zero attached hydrogens (tertiary/aromatic N) is 3. The molecule has 1 aromatic rings. The molecule has 0 bridgehead atoms. The second-order valence-corrected chi connectivity index (χ2v) is 5.94. The molecule has 20 heavy (non-hydrogen) atoms. The zero-order valence-electron chi connectivity index (χ0n) is 12.4. The first kappa shape index (κ1) is 17.2. The summed E-state index contributed by atoms with van der Waals surface area (Å²) in [6, 6.07) is 1.67. The SMILES string of the molecule is CCC(CC)N(CC(C)C)C(=O)c1cc(Cl)nnc1Cl. The fraction of sp³-hybridized carbons (Fsp3) is 0.643. The van der Waals surface area contributed by atoms with E-state index in [0.717, 1.165) is 12.8 Å². The van der Waals surface area contributed by atoms with Crippen molar-refractivity contribution in [3.05, 3.63) is 21.9 Å². The summed E-state index contributed by atoms with van der Waals surface area (Å²) in [4.78, 5) is 14.6. The van der Waals surface area contributed by atoms with E-state index in [-0.39, 0.29) is 22.3 Å². The van der Waals surface area contributed by atoms with Gasteiger partial charge in [-0.25, -0.2) is 0 Å². The lowest BCUT2D eigenvalue weighted by Gasteiger charge is -2.32. The summed E-state index contributed by atoms with van der Waals surface area (Å²) in [6.07, 6.45) is 1.80. The Morgan fingerprint density at radius 3 is 2.35 bits per heavy atom. The standard InChI is InChI=1S/C14H21Cl2N3O/c1-5-10(6-2)19(8-9(3)4)14(20)11-7-12(15)17-18-13(11)16/h7,9-10H,5-6,8H2,1-4H3. The molecule has 0 aliphatic carbocycles. The van der Waals surface area contributed by atoms with Crippen LogP contribution in [-0.4, -0.2) is 33.6 Å². The summed E-state index contributed by atoms with van der Waals surface area (Å²) in [5, 5.41) is 7.62. The van der Waals surface area contributed by atoms with E-state index in [1.807, 2.05) is 4.90 Å². The number of amides is 1. The van der Waals surface area contributed by atoms with Crippen LogP contribution in [0.2, 0.25) is 10.3 Å². The van der Waals surface area contributed by atoms with Gasteiger partial charge in [-0.2, -0.15) is 0 Å². The van der Waals surface area contributed by atoms with E-state index < -0.39 is 0 Å². The molecule has 0 radical (unpaired) electrons. The number of hydrogen-bond acceptors (Lipinski definition) is 3. The topological polar surface area (TPSA) is 46.1 Å². The first-order chi connectivity index (χ1) is 9.40. The molecule has 0 fully saturated rings. The average molecular weight is 318 g/mol. The lowest BCUT2D eigenvalue weighted by atomic mass is 10.1. The van der Waals surface area contributed by atoms with E-state index >= 15 is 0 Å². The van der Waals surface area contributed by atoms with E-state index in [1.165, 1.54) is 6.07 Å². The zero-order valence-corrected chi connectivity index (χ0v) is 13.9. The molecule has 1 rings (SSSR count). The van der Waals surface area contributed by atoms with Crippen LogP contribution in [0.15, 0.2) is 6.07 Å². The number of hydrogen-bond donors (Lipinski definition) is 0. The fourth-order valence-electron chi connectivity index (χ4n) is 2.18. The Labute approximate surface area is 130 Å². The minimum absolute atomic E-state index is 0.0964. The van der Waals surface area contributed by atoms with E-state index in [2.05, 4.69) is 37.9 Å². The van der Waals surface area contributed by atoms with Gasteiger partial charge in [-0.05, 0) is 24.8 Å². The maximum atomic E-state index is 12.7. The normalized spacial score (nSPS) is 11.2. The molecule has 112 valence electrons. The van der Waals surface area contributed by atoms with Crippen molar-refractivity contribution in [1.82, 2.24) is 15.1 Å². The van der Waals surface area contributed by atoms with Crippen molar-refractivity contribution < 1.29 is 4.79 Å². The van der Waals surface area contributed by atoms with Gasteiger partial charge in [-0.3, -0.25) is 4.79 Å². The van der Waals surface area contributed by atoms with E-state index in [4.69, 9.17) is 23.2 Å². The third-order valence-corrected chi connectivity index (χ3v) is 3.62. The molecule has 1 amide bonds. The van der Waals surface area contributed by atoms with Gasteiger partial charge in [0, 0.05) is 12.6 Å². The molecule has 0 N–H and O–H groups in total. The molecule has 0 aromatic carbocycles. The van der Waals surface area contributed by atoms with Gasteiger partial charge in [0.15, 0.2) is 10.3 Å². The van der Waals surface area contributed by atoms with E-state index in [9.17, 15) is 4.79 Å². The van der Waals surface area contributed by atoms with Crippen molar-refractivity contribution in [3.8, 4) is 0 Å². The predicted octanol–water partition coefficient (Wildman–Crippen LogP) is 4.07. The summed E-state index contributed by atoms with van der Waals surface area (Å²) in [5.74, 6) is 0.248. The summed E-state index contributed by atoms with van der Waals surface area (Å²) in [5.41, 5.74) is 0.319. The maximum absolute atomic E-state index is 12.7. The van der Waals surface area contributed by atoms with Crippen molar-refractivity contribution in [2.45, 2.75) is 46.6 Å². The molecule has 0 spiro atoms. The Morgan fingerprint density at radius 1 is 1.25 bits per heavy atom. The van der Waals surface area contributed by atoms with Crippen LogP contribution < -0.4 is 0 Å². The molecule has 1 aromatic heterocycles. The third kappa shape index (κ3) is 4.32. The molecular weight excluding hydrogens is 297 g/mol. The number of carbonyl (C=O) groups is 1. The van der Waals surface area contributed by atoms with Gasteiger partial charge in [0.05, 0.1) is 5.56 Å². The lowest BCUT2D eigenvalue weighted by molar-refractivity contribution is 0.0640. The molecular formula is C14H21Cl2N3O. The Kier molecular flexibility index (Phi) is 6.69. The largest absolute Gasteiger partial charge is 0.335 e. The molecule has 1 heterocycles. The monoisotopic (exact) mass is 317 g/mol. The Morgan fingerprint density at radius 2 is 1.85 bits per heavy atom. The Balaban J connectivity index is 3.12. The van der Waals surface area contributed by atoms with Crippen molar-refractivity contribution in [2.24, 2.45) is 5.92 Å². The maximum Gasteiger partial charge on any atom is 0.257 e. The highest BCUT2D eigenvalue weighted by Gasteiger charge is 2.25. The summed E-state index contributed by atoms with van der Waals surface area (Å²) in [6.45, 7) is 9.01. The van der Waals surface area contributed by atoms with Crippen LogP contribution in [0.1, 0.15) is 50.9 Å². The Bertz CT molecular complexity index is 462. The summed E-state index contributed by atoms with van der Waals surface area (Å²) >= 11 is 11.8.